The van der Waals surface area contributed by atoms with E-state index in [4.69, 9.17) is 19.2 Å². The van der Waals surface area contributed by atoms with Crippen molar-refractivity contribution in [2.75, 3.05) is 13.2 Å². The third kappa shape index (κ3) is 13.9. The van der Waals surface area contributed by atoms with Crippen LogP contribution in [0.25, 0.3) is 22.4 Å². The van der Waals surface area contributed by atoms with Crippen LogP contribution in [-0.2, 0) is 19.1 Å². The molecule has 0 saturated carbocycles. The molecule has 1 aromatic heterocycles. The number of alkyl carbamates (subject to hydrolysis) is 1. The van der Waals surface area contributed by atoms with Gasteiger partial charge in [0.1, 0.15) is 17.2 Å². The largest absolute Gasteiger partial charge is 0.478 e. The van der Waals surface area contributed by atoms with Crippen LogP contribution in [0.3, 0.4) is 0 Å². The van der Waals surface area contributed by atoms with Gasteiger partial charge in [0.05, 0.1) is 18.7 Å². The molecule has 47 heavy (non-hydrogen) atoms. The summed E-state index contributed by atoms with van der Waals surface area (Å²) in [5.74, 6) is -0.491. The number of amides is 2. The van der Waals surface area contributed by atoms with Crippen LogP contribution in [0.1, 0.15) is 81.1 Å². The summed E-state index contributed by atoms with van der Waals surface area (Å²) in [4.78, 5) is 42.9. The van der Waals surface area contributed by atoms with E-state index < -0.39 is 35.2 Å². The number of pyridine rings is 1. The van der Waals surface area contributed by atoms with E-state index in [1.165, 1.54) is 0 Å². The van der Waals surface area contributed by atoms with E-state index in [0.29, 0.717) is 19.0 Å². The average molecular weight is 646 g/mol. The molecule has 9 heteroatoms. The number of unbranched alkanes of at least 4 members (excludes halogenated alkanes) is 1. The Balaban J connectivity index is 1.55. The van der Waals surface area contributed by atoms with Crippen LogP contribution in [0.5, 0.6) is 5.88 Å². The number of carbonyl (C=O) groups is 3. The monoisotopic (exact) mass is 645 g/mol. The molecular formula is C38H51N3O6. The number of aromatic nitrogens is 1. The van der Waals surface area contributed by atoms with Crippen LogP contribution in [-0.4, -0.2) is 53.3 Å². The molecule has 3 rings (SSSR count). The molecule has 0 spiro atoms. The van der Waals surface area contributed by atoms with Crippen molar-refractivity contribution in [1.29, 1.82) is 0 Å². The Bertz CT molecular complexity index is 1370. The second-order valence-corrected chi connectivity index (χ2v) is 14.5. The van der Waals surface area contributed by atoms with E-state index in [0.717, 1.165) is 41.6 Å². The van der Waals surface area contributed by atoms with Gasteiger partial charge in [0.2, 0.25) is 11.8 Å². The van der Waals surface area contributed by atoms with Crippen LogP contribution in [0, 0.1) is 5.41 Å². The van der Waals surface area contributed by atoms with Crippen molar-refractivity contribution in [3.63, 3.8) is 0 Å². The molecule has 0 saturated heterocycles. The summed E-state index contributed by atoms with van der Waals surface area (Å²) in [6.45, 7) is 15.4. The van der Waals surface area contributed by atoms with E-state index in [2.05, 4.69) is 42.7 Å². The number of rotatable bonds is 14. The van der Waals surface area contributed by atoms with Gasteiger partial charge >= 0.3 is 12.1 Å². The Morgan fingerprint density at radius 2 is 1.34 bits per heavy atom. The molecule has 2 N–H and O–H groups in total. The number of esters is 1. The first-order valence-corrected chi connectivity index (χ1v) is 16.2. The lowest BCUT2D eigenvalue weighted by Gasteiger charge is -2.28. The fourth-order valence-corrected chi connectivity index (χ4v) is 4.76. The first-order chi connectivity index (χ1) is 22.0. The fourth-order valence-electron chi connectivity index (χ4n) is 4.76. The minimum absolute atomic E-state index is 0.246. The van der Waals surface area contributed by atoms with Crippen LogP contribution in [0.4, 0.5) is 4.79 Å². The zero-order chi connectivity index (χ0) is 34.7. The number of nitrogens with one attached hydrogen (secondary N) is 2. The van der Waals surface area contributed by atoms with Gasteiger partial charge in [0, 0.05) is 18.2 Å². The smallest absolute Gasteiger partial charge is 0.408 e. The standard InChI is InChI=1S/C38H51N3O6/c1-36(2,3)46-33(42)25-31(41-35(44)47-37(4,5)6)34(43)39-26-38(7,8)21-15-16-22-45-32-24-29(27-17-11-9-12-18-27)23-30(40-32)28-19-13-10-14-20-28/h9-14,17-20,23-24,31H,15-16,21-22,25-26H2,1-8H3,(H,39,43)(H,41,44). The maximum atomic E-state index is 13.2. The van der Waals surface area contributed by atoms with E-state index in [1.807, 2.05) is 54.6 Å². The lowest BCUT2D eigenvalue weighted by Crippen LogP contribution is -2.51. The van der Waals surface area contributed by atoms with Crippen LogP contribution in [0.2, 0.25) is 0 Å². The predicted octanol–water partition coefficient (Wildman–Crippen LogP) is 7.73. The highest BCUT2D eigenvalue weighted by molar-refractivity contribution is 5.89. The normalized spacial score (nSPS) is 12.5. The van der Waals surface area contributed by atoms with Gasteiger partial charge < -0.3 is 24.8 Å². The van der Waals surface area contributed by atoms with E-state index in [9.17, 15) is 14.4 Å². The van der Waals surface area contributed by atoms with Crippen molar-refractivity contribution in [1.82, 2.24) is 15.6 Å². The number of carbonyl (C=O) groups excluding carboxylic acids is 3. The maximum absolute atomic E-state index is 13.2. The number of benzene rings is 2. The Labute approximate surface area is 279 Å². The van der Waals surface area contributed by atoms with Gasteiger partial charge in [0.15, 0.2) is 0 Å². The van der Waals surface area contributed by atoms with Gasteiger partial charge in [-0.25, -0.2) is 9.78 Å². The first-order valence-electron chi connectivity index (χ1n) is 16.2. The molecule has 0 radical (unpaired) electrons. The Morgan fingerprint density at radius 3 is 1.94 bits per heavy atom. The van der Waals surface area contributed by atoms with Crippen molar-refractivity contribution < 1.29 is 28.6 Å². The zero-order valence-corrected chi connectivity index (χ0v) is 29.1. The van der Waals surface area contributed by atoms with E-state index >= 15 is 0 Å². The van der Waals surface area contributed by atoms with E-state index in [-0.39, 0.29) is 11.8 Å². The molecule has 2 aromatic carbocycles. The molecule has 9 nitrogen and oxygen atoms in total. The summed E-state index contributed by atoms with van der Waals surface area (Å²) >= 11 is 0. The fraction of sp³-hybridized carbons (Fsp3) is 0.474. The molecular weight excluding hydrogens is 594 g/mol. The second-order valence-electron chi connectivity index (χ2n) is 14.5. The Morgan fingerprint density at radius 1 is 0.745 bits per heavy atom. The average Bonchev–Trinajstić information content (AvgIpc) is 2.98. The summed E-state index contributed by atoms with van der Waals surface area (Å²) in [6, 6.07) is 23.1. The summed E-state index contributed by atoms with van der Waals surface area (Å²) in [6.07, 6.45) is 1.40. The Kier molecular flexibility index (Phi) is 13.0. The van der Waals surface area contributed by atoms with Gasteiger partial charge in [-0.1, -0.05) is 74.5 Å². The van der Waals surface area contributed by atoms with Gasteiger partial charge in [-0.3, -0.25) is 9.59 Å². The van der Waals surface area contributed by atoms with E-state index in [1.54, 1.807) is 41.5 Å². The van der Waals surface area contributed by atoms with Gasteiger partial charge in [-0.15, -0.1) is 0 Å². The number of ether oxygens (including phenoxy) is 3. The topological polar surface area (TPSA) is 116 Å². The van der Waals surface area contributed by atoms with Crippen molar-refractivity contribution >= 4 is 18.0 Å². The highest BCUT2D eigenvalue weighted by atomic mass is 16.6. The first kappa shape index (κ1) is 37.1. The zero-order valence-electron chi connectivity index (χ0n) is 29.1. The van der Waals surface area contributed by atoms with Gasteiger partial charge in [0.25, 0.3) is 0 Å². The Hall–Kier alpha value is -4.40. The second kappa shape index (κ2) is 16.4. The molecule has 2 amide bonds. The molecule has 0 aliphatic heterocycles. The quantitative estimate of drug-likeness (QED) is 0.136. The molecule has 3 aromatic rings. The summed E-state index contributed by atoms with van der Waals surface area (Å²) in [7, 11) is 0. The molecule has 1 heterocycles. The number of hydrogen-bond donors (Lipinski definition) is 2. The van der Waals surface area contributed by atoms with Gasteiger partial charge in [-0.2, -0.15) is 0 Å². The lowest BCUT2D eigenvalue weighted by molar-refractivity contribution is -0.156. The SMILES string of the molecule is CC(C)(CCCCOc1cc(-c2ccccc2)cc(-c2ccccc2)n1)CNC(=O)C(CC(=O)OC(C)(C)C)NC(=O)OC(C)(C)C. The molecule has 0 aliphatic rings. The third-order valence-corrected chi connectivity index (χ3v) is 7.02. The summed E-state index contributed by atoms with van der Waals surface area (Å²) < 4.78 is 16.8. The number of nitrogens with zero attached hydrogens (tertiary/aromatic N) is 1. The molecule has 254 valence electrons. The lowest BCUT2D eigenvalue weighted by atomic mass is 9.87. The highest BCUT2D eigenvalue weighted by Crippen LogP contribution is 2.29. The van der Waals surface area contributed by atoms with Crippen molar-refractivity contribution in [2.45, 2.75) is 98.3 Å². The number of hydrogen-bond acceptors (Lipinski definition) is 7. The van der Waals surface area contributed by atoms with Crippen molar-refractivity contribution in [3.05, 3.63) is 72.8 Å². The molecule has 0 aliphatic carbocycles. The third-order valence-electron chi connectivity index (χ3n) is 7.02. The van der Waals surface area contributed by atoms with Crippen LogP contribution < -0.4 is 15.4 Å². The van der Waals surface area contributed by atoms with Crippen LogP contribution >= 0.6 is 0 Å². The van der Waals surface area contributed by atoms with Gasteiger partial charge in [-0.05, 0) is 83.4 Å². The molecule has 1 atom stereocenters. The van der Waals surface area contributed by atoms with Crippen LogP contribution in [0.15, 0.2) is 72.8 Å². The summed E-state index contributed by atoms with van der Waals surface area (Å²) in [5.41, 5.74) is 2.28. The van der Waals surface area contributed by atoms with Crippen molar-refractivity contribution in [3.8, 4) is 28.3 Å². The minimum atomic E-state index is -1.14. The highest BCUT2D eigenvalue weighted by Gasteiger charge is 2.30. The molecule has 1 unspecified atom stereocenters. The molecule has 0 fully saturated rings. The minimum Gasteiger partial charge on any atom is -0.478 e. The van der Waals surface area contributed by atoms with Crippen molar-refractivity contribution in [2.24, 2.45) is 5.41 Å². The maximum Gasteiger partial charge on any atom is 0.408 e. The summed E-state index contributed by atoms with van der Waals surface area (Å²) in [5, 5.41) is 5.45. The predicted molar refractivity (Wildman–Crippen MR) is 185 cm³/mol. The molecule has 0 bridgehead atoms.